The fourth-order valence-electron chi connectivity index (χ4n) is 5.07. The summed E-state index contributed by atoms with van der Waals surface area (Å²) in [5.41, 5.74) is 6.05. The quantitative estimate of drug-likeness (QED) is 0.530. The molecule has 0 unspecified atom stereocenters. The molecule has 2 saturated heterocycles. The van der Waals surface area contributed by atoms with Gasteiger partial charge in [-0.3, -0.25) is 14.5 Å². The van der Waals surface area contributed by atoms with Crippen LogP contribution in [0.4, 0.5) is 22.4 Å². The van der Waals surface area contributed by atoms with Crippen LogP contribution < -0.4 is 5.73 Å². The van der Waals surface area contributed by atoms with E-state index in [1.165, 1.54) is 39.8 Å². The third-order valence-electron chi connectivity index (χ3n) is 6.88. The molecule has 0 spiro atoms. The Hall–Kier alpha value is -3.67. The topological polar surface area (TPSA) is 96.2 Å². The van der Waals surface area contributed by atoms with Crippen molar-refractivity contribution >= 4 is 17.9 Å². The first-order chi connectivity index (χ1) is 18.5. The lowest BCUT2D eigenvalue weighted by Crippen LogP contribution is -2.71. The molecule has 210 valence electrons. The number of alkyl halides is 3. The zero-order valence-electron chi connectivity index (χ0n) is 21.4. The number of piperazine rings is 1. The number of carbonyl (C=O) groups is 3. The number of fused-ring (bicyclic) bond motifs is 1. The molecule has 3 amide bonds. The van der Waals surface area contributed by atoms with Gasteiger partial charge in [0, 0.05) is 19.5 Å². The van der Waals surface area contributed by atoms with Crippen LogP contribution in [-0.2, 0) is 33.7 Å². The van der Waals surface area contributed by atoms with E-state index in [4.69, 9.17) is 10.5 Å². The van der Waals surface area contributed by atoms with Gasteiger partial charge < -0.3 is 20.3 Å². The van der Waals surface area contributed by atoms with E-state index >= 15 is 0 Å². The van der Waals surface area contributed by atoms with E-state index in [0.717, 1.165) is 12.1 Å². The van der Waals surface area contributed by atoms with E-state index in [0.29, 0.717) is 30.5 Å². The highest BCUT2D eigenvalue weighted by Crippen LogP contribution is 2.32. The second-order valence-electron chi connectivity index (χ2n) is 9.78. The van der Waals surface area contributed by atoms with E-state index in [1.807, 2.05) is 0 Å². The summed E-state index contributed by atoms with van der Waals surface area (Å²) in [5, 5.41) is 0. The lowest BCUT2D eigenvalue weighted by molar-refractivity contribution is -0.169. The van der Waals surface area contributed by atoms with Crippen molar-refractivity contribution in [3.8, 4) is 0 Å². The molecular weight excluding hydrogens is 520 g/mol. The lowest BCUT2D eigenvalue weighted by atomic mass is 9.99. The normalized spacial score (nSPS) is 19.8. The van der Waals surface area contributed by atoms with Crippen molar-refractivity contribution in [1.29, 1.82) is 0 Å². The summed E-state index contributed by atoms with van der Waals surface area (Å²) in [6, 6.07) is 8.27. The Morgan fingerprint density at radius 1 is 1.10 bits per heavy atom. The van der Waals surface area contributed by atoms with Crippen molar-refractivity contribution in [2.45, 2.75) is 57.7 Å². The van der Waals surface area contributed by atoms with E-state index in [1.54, 1.807) is 12.1 Å². The molecule has 39 heavy (non-hydrogen) atoms. The largest absolute Gasteiger partial charge is 0.444 e. The maximum Gasteiger partial charge on any atom is 0.416 e. The SMILES string of the molecule is Cc1cc(COC(=O)N2CCC(=O)N3[C@@H]2CN(Cc2ccc(F)cc2)C(=O)[C@@H]3CCCN)cc(C(F)(F)F)c1. The molecule has 4 rings (SSSR count). The highest BCUT2D eigenvalue weighted by molar-refractivity contribution is 5.90. The molecule has 2 aromatic rings. The van der Waals surface area contributed by atoms with Gasteiger partial charge in [0.15, 0.2) is 0 Å². The predicted octanol–water partition coefficient (Wildman–Crippen LogP) is 3.80. The molecular formula is C27H30F4N4O4. The van der Waals surface area contributed by atoms with E-state index in [-0.39, 0.29) is 43.4 Å². The number of nitrogens with zero attached hydrogens (tertiary/aromatic N) is 3. The summed E-state index contributed by atoms with van der Waals surface area (Å²) >= 11 is 0. The molecule has 8 nitrogen and oxygen atoms in total. The highest BCUT2D eigenvalue weighted by atomic mass is 19.4. The molecule has 12 heteroatoms. The van der Waals surface area contributed by atoms with Gasteiger partial charge in [0.25, 0.3) is 0 Å². The first-order valence-corrected chi connectivity index (χ1v) is 12.6. The summed E-state index contributed by atoms with van der Waals surface area (Å²) in [7, 11) is 0. The average Bonchev–Trinajstić information content (AvgIpc) is 2.88. The van der Waals surface area contributed by atoms with Crippen LogP contribution in [0, 0.1) is 12.7 Å². The molecule has 2 aliphatic rings. The Bertz CT molecular complexity index is 1220. The molecule has 2 fully saturated rings. The van der Waals surface area contributed by atoms with Crippen LogP contribution in [0.15, 0.2) is 42.5 Å². The Morgan fingerprint density at radius 3 is 2.49 bits per heavy atom. The minimum atomic E-state index is -4.54. The first-order valence-electron chi connectivity index (χ1n) is 12.6. The summed E-state index contributed by atoms with van der Waals surface area (Å²) in [6.45, 7) is 1.60. The monoisotopic (exact) mass is 550 g/mol. The summed E-state index contributed by atoms with van der Waals surface area (Å²) in [5.74, 6) is -1.00. The van der Waals surface area contributed by atoms with Crippen molar-refractivity contribution < 1.29 is 36.7 Å². The number of hydrogen-bond acceptors (Lipinski definition) is 5. The zero-order chi connectivity index (χ0) is 28.3. The minimum Gasteiger partial charge on any atom is -0.444 e. The molecule has 0 radical (unpaired) electrons. The molecule has 2 aromatic carbocycles. The van der Waals surface area contributed by atoms with Crippen LogP contribution in [0.5, 0.6) is 0 Å². The molecule has 2 heterocycles. The Balaban J connectivity index is 1.55. The lowest BCUT2D eigenvalue weighted by Gasteiger charge is -2.51. The second-order valence-corrected chi connectivity index (χ2v) is 9.78. The highest BCUT2D eigenvalue weighted by Gasteiger charge is 2.48. The van der Waals surface area contributed by atoms with E-state index in [2.05, 4.69) is 0 Å². The Morgan fingerprint density at radius 2 is 1.82 bits per heavy atom. The van der Waals surface area contributed by atoms with Gasteiger partial charge in [-0.05, 0) is 61.7 Å². The molecule has 2 aliphatic heterocycles. The smallest absolute Gasteiger partial charge is 0.416 e. The third kappa shape index (κ3) is 6.49. The van der Waals surface area contributed by atoms with Gasteiger partial charge >= 0.3 is 12.3 Å². The van der Waals surface area contributed by atoms with Crippen molar-refractivity contribution in [2.75, 3.05) is 19.6 Å². The number of halogens is 4. The number of hydrogen-bond donors (Lipinski definition) is 1. The van der Waals surface area contributed by atoms with E-state index in [9.17, 15) is 31.9 Å². The maximum absolute atomic E-state index is 13.4. The van der Waals surface area contributed by atoms with Gasteiger partial charge in [-0.15, -0.1) is 0 Å². The molecule has 2 atom stereocenters. The first kappa shape index (κ1) is 28.3. The van der Waals surface area contributed by atoms with Crippen molar-refractivity contribution in [3.05, 3.63) is 70.5 Å². The van der Waals surface area contributed by atoms with Gasteiger partial charge in [-0.25, -0.2) is 9.18 Å². The Labute approximate surface area is 223 Å². The van der Waals surface area contributed by atoms with Crippen LogP contribution in [0.2, 0.25) is 0 Å². The number of amides is 3. The summed E-state index contributed by atoms with van der Waals surface area (Å²) in [6.07, 6.45) is -5.44. The van der Waals surface area contributed by atoms with Gasteiger partial charge in [0.1, 0.15) is 24.6 Å². The van der Waals surface area contributed by atoms with Crippen molar-refractivity contribution in [1.82, 2.24) is 14.7 Å². The molecule has 0 aromatic heterocycles. The Kier molecular flexibility index (Phi) is 8.43. The number of aryl methyl sites for hydroxylation is 1. The van der Waals surface area contributed by atoms with Crippen LogP contribution in [0.3, 0.4) is 0 Å². The van der Waals surface area contributed by atoms with Crippen LogP contribution in [0.25, 0.3) is 0 Å². The average molecular weight is 551 g/mol. The number of rotatable bonds is 7. The van der Waals surface area contributed by atoms with Crippen LogP contribution in [-0.4, -0.2) is 64.4 Å². The fraction of sp³-hybridized carbons (Fsp3) is 0.444. The number of benzene rings is 2. The van der Waals surface area contributed by atoms with Crippen molar-refractivity contribution in [2.24, 2.45) is 5.73 Å². The van der Waals surface area contributed by atoms with Crippen molar-refractivity contribution in [3.63, 3.8) is 0 Å². The molecule has 0 aliphatic carbocycles. The van der Waals surface area contributed by atoms with Gasteiger partial charge in [-0.2, -0.15) is 13.2 Å². The van der Waals surface area contributed by atoms with Gasteiger partial charge in [0.05, 0.1) is 12.1 Å². The molecule has 0 bridgehead atoms. The summed E-state index contributed by atoms with van der Waals surface area (Å²) < 4.78 is 58.4. The molecule has 0 saturated carbocycles. The predicted molar refractivity (Wildman–Crippen MR) is 132 cm³/mol. The van der Waals surface area contributed by atoms with Crippen LogP contribution in [0.1, 0.15) is 41.5 Å². The second kappa shape index (κ2) is 11.6. The minimum absolute atomic E-state index is 0.00115. The van der Waals surface area contributed by atoms with Crippen LogP contribution >= 0.6 is 0 Å². The number of ether oxygens (including phenoxy) is 1. The van der Waals surface area contributed by atoms with Gasteiger partial charge in [-0.1, -0.05) is 23.8 Å². The maximum atomic E-state index is 13.4. The third-order valence-corrected chi connectivity index (χ3v) is 6.88. The standard InChI is InChI=1S/C27H30F4N4O4/c1-17-11-19(13-20(12-17)27(29,30)31)16-39-26(38)34-10-8-24(36)35-22(3-2-9-32)25(37)33(15-23(34)35)14-18-4-6-21(28)7-5-18/h4-7,11-13,22-23H,2-3,8-10,14-16,32H2,1H3/t22-,23+/m0/s1. The zero-order valence-corrected chi connectivity index (χ0v) is 21.4. The number of carbonyl (C=O) groups excluding carboxylic acids is 3. The molecule has 2 N–H and O–H groups in total. The van der Waals surface area contributed by atoms with Gasteiger partial charge in [0.2, 0.25) is 11.8 Å². The summed E-state index contributed by atoms with van der Waals surface area (Å²) in [4.78, 5) is 43.8. The van der Waals surface area contributed by atoms with E-state index < -0.39 is 42.5 Å². The fourth-order valence-corrected chi connectivity index (χ4v) is 5.07. The number of nitrogens with two attached hydrogens (primary N) is 1.